The number of rotatable bonds is 5. The van der Waals surface area contributed by atoms with E-state index in [2.05, 4.69) is 5.32 Å². The van der Waals surface area contributed by atoms with Crippen molar-refractivity contribution in [3.63, 3.8) is 0 Å². The summed E-state index contributed by atoms with van der Waals surface area (Å²) in [5, 5.41) is 11.9. The number of hydrogen-bond acceptors (Lipinski definition) is 3. The summed E-state index contributed by atoms with van der Waals surface area (Å²) >= 11 is 0. The van der Waals surface area contributed by atoms with Gasteiger partial charge in [-0.05, 0) is 30.5 Å². The van der Waals surface area contributed by atoms with Crippen molar-refractivity contribution >= 4 is 6.03 Å². The second kappa shape index (κ2) is 7.26. The number of nitrogens with one attached hydrogen (secondary N) is 1. The molecule has 6 heteroatoms. The van der Waals surface area contributed by atoms with E-state index >= 15 is 0 Å². The summed E-state index contributed by atoms with van der Waals surface area (Å²) in [7, 11) is 1.43. The Kier molecular flexibility index (Phi) is 5.38. The molecule has 1 aliphatic rings. The van der Waals surface area contributed by atoms with Gasteiger partial charge >= 0.3 is 6.03 Å². The number of amides is 2. The van der Waals surface area contributed by atoms with Crippen LogP contribution in [0.4, 0.5) is 9.18 Å². The first kappa shape index (κ1) is 15.6. The third-order valence-corrected chi connectivity index (χ3v) is 3.74. The number of carbonyl (C=O) groups is 1. The van der Waals surface area contributed by atoms with E-state index in [0.29, 0.717) is 26.1 Å². The quantitative estimate of drug-likeness (QED) is 0.863. The smallest absolute Gasteiger partial charge is 0.317 e. The predicted molar refractivity (Wildman–Crippen MR) is 76.8 cm³/mol. The van der Waals surface area contributed by atoms with Gasteiger partial charge in [0.25, 0.3) is 0 Å². The van der Waals surface area contributed by atoms with Crippen LogP contribution in [0.15, 0.2) is 18.2 Å². The SMILES string of the molecule is COc1cc(CCNC(=O)N2CCC(CO)C2)ccc1F. The highest BCUT2D eigenvalue weighted by molar-refractivity contribution is 5.74. The maximum absolute atomic E-state index is 13.3. The Hall–Kier alpha value is -1.82. The van der Waals surface area contributed by atoms with Crippen LogP contribution in [0.2, 0.25) is 0 Å². The lowest BCUT2D eigenvalue weighted by Crippen LogP contribution is -2.39. The zero-order chi connectivity index (χ0) is 15.2. The second-order valence-electron chi connectivity index (χ2n) is 5.23. The Morgan fingerprint density at radius 1 is 1.57 bits per heavy atom. The minimum atomic E-state index is -0.391. The van der Waals surface area contributed by atoms with Crippen LogP contribution in [0.5, 0.6) is 5.75 Å². The zero-order valence-electron chi connectivity index (χ0n) is 12.1. The first-order valence-electron chi connectivity index (χ1n) is 7.10. The largest absolute Gasteiger partial charge is 0.494 e. The molecule has 1 aromatic rings. The topological polar surface area (TPSA) is 61.8 Å². The normalized spacial score (nSPS) is 17.9. The first-order valence-corrected chi connectivity index (χ1v) is 7.10. The van der Waals surface area contributed by atoms with E-state index in [0.717, 1.165) is 12.0 Å². The third-order valence-electron chi connectivity index (χ3n) is 3.74. The van der Waals surface area contributed by atoms with Gasteiger partial charge in [-0.3, -0.25) is 0 Å². The van der Waals surface area contributed by atoms with Crippen molar-refractivity contribution in [2.75, 3.05) is 33.4 Å². The fraction of sp³-hybridized carbons (Fsp3) is 0.533. The molecule has 1 heterocycles. The molecule has 0 aliphatic carbocycles. The lowest BCUT2D eigenvalue weighted by molar-refractivity contribution is 0.198. The van der Waals surface area contributed by atoms with Crippen LogP contribution in [0.1, 0.15) is 12.0 Å². The number of methoxy groups -OCH3 is 1. The molecule has 0 spiro atoms. The number of ether oxygens (including phenoxy) is 1. The summed E-state index contributed by atoms with van der Waals surface area (Å²) < 4.78 is 18.2. The maximum Gasteiger partial charge on any atom is 0.317 e. The Labute approximate surface area is 123 Å². The zero-order valence-corrected chi connectivity index (χ0v) is 12.1. The molecule has 1 fully saturated rings. The van der Waals surface area contributed by atoms with Crippen molar-refractivity contribution in [3.8, 4) is 5.75 Å². The molecule has 1 atom stereocenters. The van der Waals surface area contributed by atoms with Gasteiger partial charge in [0.15, 0.2) is 11.6 Å². The summed E-state index contributed by atoms with van der Waals surface area (Å²) in [4.78, 5) is 13.6. The molecule has 0 saturated carbocycles. The van der Waals surface area contributed by atoms with Crippen molar-refractivity contribution < 1.29 is 19.0 Å². The minimum Gasteiger partial charge on any atom is -0.494 e. The van der Waals surface area contributed by atoms with Crippen molar-refractivity contribution in [2.24, 2.45) is 5.92 Å². The summed E-state index contributed by atoms with van der Waals surface area (Å²) in [6, 6.07) is 4.57. The van der Waals surface area contributed by atoms with Crippen molar-refractivity contribution in [2.45, 2.75) is 12.8 Å². The van der Waals surface area contributed by atoms with E-state index in [4.69, 9.17) is 9.84 Å². The average Bonchev–Trinajstić information content (AvgIpc) is 2.98. The fourth-order valence-electron chi connectivity index (χ4n) is 2.45. The van der Waals surface area contributed by atoms with Gasteiger partial charge < -0.3 is 20.1 Å². The van der Waals surface area contributed by atoms with E-state index in [9.17, 15) is 9.18 Å². The molecule has 0 radical (unpaired) electrons. The summed E-state index contributed by atoms with van der Waals surface area (Å²) in [5.74, 6) is 0.0127. The number of likely N-dealkylation sites (tertiary alicyclic amines) is 1. The van der Waals surface area contributed by atoms with E-state index in [1.807, 2.05) is 0 Å². The Balaban J connectivity index is 1.78. The van der Waals surface area contributed by atoms with Gasteiger partial charge in [-0.25, -0.2) is 9.18 Å². The van der Waals surface area contributed by atoms with Crippen LogP contribution < -0.4 is 10.1 Å². The van der Waals surface area contributed by atoms with E-state index in [-0.39, 0.29) is 24.3 Å². The first-order chi connectivity index (χ1) is 10.1. The number of urea groups is 1. The second-order valence-corrected chi connectivity index (χ2v) is 5.23. The van der Waals surface area contributed by atoms with Gasteiger partial charge in [0.05, 0.1) is 7.11 Å². The molecular weight excluding hydrogens is 275 g/mol. The van der Waals surface area contributed by atoms with Gasteiger partial charge in [0.2, 0.25) is 0 Å². The Morgan fingerprint density at radius 3 is 3.05 bits per heavy atom. The lowest BCUT2D eigenvalue weighted by Gasteiger charge is -2.17. The van der Waals surface area contributed by atoms with Gasteiger partial charge in [-0.15, -0.1) is 0 Å². The van der Waals surface area contributed by atoms with E-state index < -0.39 is 5.82 Å². The number of aliphatic hydroxyl groups excluding tert-OH is 1. The Bertz CT molecular complexity index is 496. The van der Waals surface area contributed by atoms with Crippen molar-refractivity contribution in [3.05, 3.63) is 29.6 Å². The standard InChI is InChI=1S/C15H21FN2O3/c1-21-14-8-11(2-3-13(14)16)4-6-17-15(20)18-7-5-12(9-18)10-19/h2-3,8,12,19H,4-7,9-10H2,1H3,(H,17,20). The van der Waals surface area contributed by atoms with Crippen LogP contribution in [-0.4, -0.2) is 49.4 Å². The van der Waals surface area contributed by atoms with Crippen molar-refractivity contribution in [1.82, 2.24) is 10.2 Å². The number of benzene rings is 1. The highest BCUT2D eigenvalue weighted by Crippen LogP contribution is 2.18. The molecule has 21 heavy (non-hydrogen) atoms. The number of halogens is 1. The molecule has 0 aromatic heterocycles. The number of carbonyl (C=O) groups excluding carboxylic acids is 1. The number of aliphatic hydroxyl groups is 1. The molecule has 1 unspecified atom stereocenters. The maximum atomic E-state index is 13.3. The summed E-state index contributed by atoms with van der Waals surface area (Å²) in [6.07, 6.45) is 1.46. The Morgan fingerprint density at radius 2 is 2.38 bits per heavy atom. The molecular formula is C15H21FN2O3. The molecule has 5 nitrogen and oxygen atoms in total. The van der Waals surface area contributed by atoms with Gasteiger partial charge in [0, 0.05) is 32.2 Å². The predicted octanol–water partition coefficient (Wildman–Crippen LogP) is 1.40. The van der Waals surface area contributed by atoms with E-state index in [1.165, 1.54) is 13.2 Å². The summed E-state index contributed by atoms with van der Waals surface area (Å²) in [6.45, 7) is 1.89. The highest BCUT2D eigenvalue weighted by Gasteiger charge is 2.25. The fourth-order valence-corrected chi connectivity index (χ4v) is 2.45. The molecule has 2 rings (SSSR count). The molecule has 116 valence electrons. The average molecular weight is 296 g/mol. The van der Waals surface area contributed by atoms with Gasteiger partial charge in [0.1, 0.15) is 0 Å². The monoisotopic (exact) mass is 296 g/mol. The van der Waals surface area contributed by atoms with Crippen LogP contribution in [0, 0.1) is 11.7 Å². The molecule has 0 bridgehead atoms. The molecule has 2 amide bonds. The number of hydrogen-bond donors (Lipinski definition) is 2. The third kappa shape index (κ3) is 4.07. The lowest BCUT2D eigenvalue weighted by atomic mass is 10.1. The molecule has 2 N–H and O–H groups in total. The van der Waals surface area contributed by atoms with Gasteiger partial charge in [-0.2, -0.15) is 0 Å². The van der Waals surface area contributed by atoms with Crippen LogP contribution in [-0.2, 0) is 6.42 Å². The van der Waals surface area contributed by atoms with E-state index in [1.54, 1.807) is 17.0 Å². The van der Waals surface area contributed by atoms with Crippen LogP contribution in [0.3, 0.4) is 0 Å². The van der Waals surface area contributed by atoms with Crippen molar-refractivity contribution in [1.29, 1.82) is 0 Å². The highest BCUT2D eigenvalue weighted by atomic mass is 19.1. The molecule has 1 saturated heterocycles. The number of nitrogens with zero attached hydrogens (tertiary/aromatic N) is 1. The van der Waals surface area contributed by atoms with Crippen LogP contribution >= 0.6 is 0 Å². The summed E-state index contributed by atoms with van der Waals surface area (Å²) in [5.41, 5.74) is 0.906. The minimum absolute atomic E-state index is 0.111. The molecule has 1 aromatic carbocycles. The molecule has 1 aliphatic heterocycles. The van der Waals surface area contributed by atoms with Gasteiger partial charge in [-0.1, -0.05) is 6.07 Å². The van der Waals surface area contributed by atoms with Crippen LogP contribution in [0.25, 0.3) is 0 Å².